The summed E-state index contributed by atoms with van der Waals surface area (Å²) in [5.74, 6) is 0. The van der Waals surface area contributed by atoms with Crippen molar-refractivity contribution in [2.45, 2.75) is 0 Å². The quantitative estimate of drug-likeness (QED) is 0.314. The van der Waals surface area contributed by atoms with Gasteiger partial charge in [0.1, 0.15) is 0 Å². The Morgan fingerprint density at radius 3 is 1.48 bits per heavy atom. The van der Waals surface area contributed by atoms with Crippen LogP contribution in [0.5, 0.6) is 0 Å². The van der Waals surface area contributed by atoms with Crippen LogP contribution in [0.2, 0.25) is 0 Å². The van der Waals surface area contributed by atoms with Crippen LogP contribution >= 0.6 is 0 Å². The Bertz CT molecular complexity index is 1190. The molecule has 0 fully saturated rings. The molecule has 0 spiro atoms. The molecule has 2 nitrogen and oxygen atoms in total. The molecule has 0 unspecified atom stereocenters. The van der Waals surface area contributed by atoms with E-state index in [9.17, 15) is 0 Å². The van der Waals surface area contributed by atoms with E-state index in [1.165, 1.54) is 21.5 Å². The summed E-state index contributed by atoms with van der Waals surface area (Å²) < 4.78 is 0.781. The fourth-order valence-electron chi connectivity index (χ4n) is 3.58. The molecule has 130 valence electrons. The van der Waals surface area contributed by atoms with Crippen molar-refractivity contribution in [1.82, 2.24) is 9.97 Å². The van der Waals surface area contributed by atoms with E-state index >= 15 is 0 Å². The Morgan fingerprint density at radius 1 is 0.519 bits per heavy atom. The number of hydrogen-bond donors (Lipinski definition) is 0. The summed E-state index contributed by atoms with van der Waals surface area (Å²) in [6.45, 7) is 0. The molecule has 5 aromatic rings. The molecule has 0 bridgehead atoms. The van der Waals surface area contributed by atoms with Crippen LogP contribution in [0.15, 0.2) is 91.0 Å². The van der Waals surface area contributed by atoms with Gasteiger partial charge in [-0.2, -0.15) is 0 Å². The first-order valence-corrected chi connectivity index (χ1v) is 9.98. The third-order valence-corrected chi connectivity index (χ3v) is 5.36. The topological polar surface area (TPSA) is 25.8 Å². The SMILES string of the molecule is [Ir][c]1nc(-c2cccc3ccccc23)cc(-c2cccc3ccccc23)n1. The maximum absolute atomic E-state index is 4.75. The Hall–Kier alpha value is -2.87. The number of rotatable bonds is 2. The molecule has 4 aromatic carbocycles. The van der Waals surface area contributed by atoms with E-state index in [4.69, 9.17) is 9.97 Å². The van der Waals surface area contributed by atoms with Gasteiger partial charge in [-0.05, 0) is 0 Å². The second kappa shape index (κ2) is 6.70. The van der Waals surface area contributed by atoms with Gasteiger partial charge in [-0.3, -0.25) is 0 Å². The minimum atomic E-state index is 0.781. The third-order valence-electron chi connectivity index (χ3n) is 4.82. The maximum atomic E-state index is 4.75. The van der Waals surface area contributed by atoms with Crippen LogP contribution in [-0.2, 0) is 18.9 Å². The molecule has 3 heteroatoms. The van der Waals surface area contributed by atoms with E-state index < -0.39 is 0 Å². The molecule has 0 aliphatic carbocycles. The molecule has 0 amide bonds. The van der Waals surface area contributed by atoms with Crippen LogP contribution in [0, 0.1) is 0 Å². The third kappa shape index (κ3) is 2.95. The second-order valence-electron chi connectivity index (χ2n) is 6.44. The molecular formula is C24H15IrN2. The van der Waals surface area contributed by atoms with Gasteiger partial charge < -0.3 is 0 Å². The van der Waals surface area contributed by atoms with Crippen LogP contribution in [0.4, 0.5) is 0 Å². The summed E-state index contributed by atoms with van der Waals surface area (Å²) in [6, 6.07) is 31.7. The predicted molar refractivity (Wildman–Crippen MR) is 108 cm³/mol. The van der Waals surface area contributed by atoms with Gasteiger partial charge in [0.2, 0.25) is 0 Å². The summed E-state index contributed by atoms with van der Waals surface area (Å²) >= 11 is 1.96. The zero-order valence-electron chi connectivity index (χ0n) is 14.4. The van der Waals surface area contributed by atoms with E-state index in [1.54, 1.807) is 0 Å². The summed E-state index contributed by atoms with van der Waals surface area (Å²) in [4.78, 5) is 9.50. The molecule has 0 N–H and O–H groups in total. The van der Waals surface area contributed by atoms with Crippen molar-refractivity contribution in [3.05, 3.63) is 91.0 Å². The molecule has 0 atom stereocenters. The monoisotopic (exact) mass is 524 g/mol. The van der Waals surface area contributed by atoms with Crippen LogP contribution in [0.3, 0.4) is 0 Å². The van der Waals surface area contributed by atoms with Gasteiger partial charge in [0.15, 0.2) is 0 Å². The van der Waals surface area contributed by atoms with Crippen molar-refractivity contribution in [2.75, 3.05) is 0 Å². The van der Waals surface area contributed by atoms with Crippen molar-refractivity contribution in [3.8, 4) is 22.5 Å². The van der Waals surface area contributed by atoms with Gasteiger partial charge in [0.25, 0.3) is 0 Å². The fourth-order valence-corrected chi connectivity index (χ4v) is 4.16. The Kier molecular flexibility index (Phi) is 4.05. The molecule has 0 saturated carbocycles. The number of nitrogens with zero attached hydrogens (tertiary/aromatic N) is 2. The summed E-state index contributed by atoms with van der Waals surface area (Å²) in [6.07, 6.45) is 0. The van der Waals surface area contributed by atoms with Gasteiger partial charge in [0, 0.05) is 0 Å². The number of benzene rings is 4. The molecule has 0 aliphatic rings. The molecule has 0 saturated heterocycles. The van der Waals surface area contributed by atoms with Crippen LogP contribution in [-0.4, -0.2) is 9.97 Å². The van der Waals surface area contributed by atoms with Crippen LogP contribution in [0.25, 0.3) is 44.1 Å². The molecule has 1 heterocycles. The van der Waals surface area contributed by atoms with E-state index in [2.05, 4.69) is 91.0 Å². The number of fused-ring (bicyclic) bond motifs is 2. The molecular weight excluding hydrogens is 508 g/mol. The zero-order valence-corrected chi connectivity index (χ0v) is 16.8. The van der Waals surface area contributed by atoms with Crippen LogP contribution in [0.1, 0.15) is 0 Å². The van der Waals surface area contributed by atoms with Crippen molar-refractivity contribution in [3.63, 3.8) is 0 Å². The first-order valence-electron chi connectivity index (χ1n) is 8.78. The average Bonchev–Trinajstić information content (AvgIpc) is 2.72. The molecule has 0 aliphatic heterocycles. The van der Waals surface area contributed by atoms with Gasteiger partial charge in [-0.15, -0.1) is 0 Å². The Balaban J connectivity index is 1.76. The molecule has 1 aromatic heterocycles. The van der Waals surface area contributed by atoms with Gasteiger partial charge in [0.05, 0.1) is 0 Å². The minimum absolute atomic E-state index is 0.781. The zero-order chi connectivity index (χ0) is 18.2. The molecule has 0 radical (unpaired) electrons. The van der Waals surface area contributed by atoms with Gasteiger partial charge in [-0.1, -0.05) is 0 Å². The molecule has 27 heavy (non-hydrogen) atoms. The van der Waals surface area contributed by atoms with E-state index in [0.717, 1.165) is 26.9 Å². The van der Waals surface area contributed by atoms with E-state index in [0.29, 0.717) is 0 Å². The van der Waals surface area contributed by atoms with Crippen molar-refractivity contribution < 1.29 is 18.9 Å². The van der Waals surface area contributed by atoms with Gasteiger partial charge in [-0.25, -0.2) is 0 Å². The Morgan fingerprint density at radius 2 is 0.963 bits per heavy atom. The van der Waals surface area contributed by atoms with Crippen molar-refractivity contribution in [2.24, 2.45) is 0 Å². The van der Waals surface area contributed by atoms with Crippen molar-refractivity contribution in [1.29, 1.82) is 0 Å². The van der Waals surface area contributed by atoms with Gasteiger partial charge >= 0.3 is 168 Å². The fraction of sp³-hybridized carbons (Fsp3) is 0. The number of aromatic nitrogens is 2. The first kappa shape index (κ1) is 16.3. The normalized spacial score (nSPS) is 11.2. The summed E-state index contributed by atoms with van der Waals surface area (Å²) in [5, 5.41) is 4.86. The molecule has 5 rings (SSSR count). The second-order valence-corrected chi connectivity index (χ2v) is 7.51. The summed E-state index contributed by atoms with van der Waals surface area (Å²) in [5.41, 5.74) is 4.20. The first-order chi connectivity index (χ1) is 13.3. The predicted octanol–water partition coefficient (Wildman–Crippen LogP) is 5.29. The van der Waals surface area contributed by atoms with Crippen LogP contribution < -0.4 is 4.34 Å². The average molecular weight is 524 g/mol. The summed E-state index contributed by atoms with van der Waals surface area (Å²) in [7, 11) is 0. The number of hydrogen-bond acceptors (Lipinski definition) is 2. The van der Waals surface area contributed by atoms with E-state index in [-0.39, 0.29) is 0 Å². The van der Waals surface area contributed by atoms with Crippen molar-refractivity contribution >= 4 is 25.9 Å². The standard InChI is InChI=1S/C24H15N2.Ir/c1-3-11-19-17(7-1)9-5-13-21(19)23-15-24(26-16-25-23)22-14-6-10-18-8-2-4-12-20(18)22;/h1-15H;. The Labute approximate surface area is 168 Å². The van der Waals surface area contributed by atoms with E-state index in [1.807, 2.05) is 18.9 Å².